The quantitative estimate of drug-likeness (QED) is 0.664. The van der Waals surface area contributed by atoms with Crippen LogP contribution in [-0.2, 0) is 9.53 Å². The standard InChI is InChI=1S/C12H11N3O2S/c16-11-10(6-7-17-11)18-12-13-8-14-15(12)9-4-2-1-3-5-9/h1-5,8,10H,6-7H2/p+1. The van der Waals surface area contributed by atoms with Crippen molar-refractivity contribution in [2.24, 2.45) is 0 Å². The van der Waals surface area contributed by atoms with Gasteiger partial charge in [0.1, 0.15) is 5.25 Å². The number of aromatic amines is 1. The molecule has 0 saturated carbocycles. The maximum absolute atomic E-state index is 11.5. The monoisotopic (exact) mass is 262 g/mol. The Balaban J connectivity index is 1.86. The summed E-state index contributed by atoms with van der Waals surface area (Å²) in [5, 5.41) is 3.66. The van der Waals surface area contributed by atoms with Gasteiger partial charge in [0.05, 0.1) is 6.61 Å². The number of cyclic esters (lactones) is 1. The molecule has 92 valence electrons. The first kappa shape index (κ1) is 11.3. The highest BCUT2D eigenvalue weighted by Crippen LogP contribution is 2.26. The van der Waals surface area contributed by atoms with E-state index in [1.165, 1.54) is 11.8 Å². The number of rotatable bonds is 3. The Morgan fingerprint density at radius 1 is 1.39 bits per heavy atom. The van der Waals surface area contributed by atoms with Gasteiger partial charge in [0.25, 0.3) is 0 Å². The van der Waals surface area contributed by atoms with Crippen molar-refractivity contribution < 1.29 is 14.2 Å². The van der Waals surface area contributed by atoms with Gasteiger partial charge in [-0.25, -0.2) is 0 Å². The number of nitrogens with zero attached hydrogens (tertiary/aromatic N) is 2. The highest BCUT2D eigenvalue weighted by Gasteiger charge is 2.32. The molecule has 0 radical (unpaired) electrons. The minimum Gasteiger partial charge on any atom is -0.465 e. The molecule has 1 aliphatic rings. The van der Waals surface area contributed by atoms with Gasteiger partial charge in [-0.05, 0) is 28.9 Å². The van der Waals surface area contributed by atoms with Crippen molar-refractivity contribution in [1.82, 2.24) is 10.1 Å². The molecule has 3 rings (SSSR count). The van der Waals surface area contributed by atoms with Gasteiger partial charge in [0.15, 0.2) is 5.69 Å². The third kappa shape index (κ3) is 2.11. The first-order valence-electron chi connectivity index (χ1n) is 5.69. The van der Waals surface area contributed by atoms with E-state index < -0.39 is 0 Å². The first-order chi connectivity index (χ1) is 8.84. The summed E-state index contributed by atoms with van der Waals surface area (Å²) in [6, 6.07) is 9.84. The molecule has 0 bridgehead atoms. The summed E-state index contributed by atoms with van der Waals surface area (Å²) >= 11 is 1.43. The van der Waals surface area contributed by atoms with E-state index in [4.69, 9.17) is 4.74 Å². The molecule has 18 heavy (non-hydrogen) atoms. The number of carbonyl (C=O) groups excluding carboxylic acids is 1. The number of carbonyl (C=O) groups is 1. The largest absolute Gasteiger partial charge is 0.465 e. The molecule has 0 amide bonds. The Bertz CT molecular complexity index is 555. The zero-order valence-corrected chi connectivity index (χ0v) is 10.4. The number of aromatic nitrogens is 3. The number of esters is 1. The van der Waals surface area contributed by atoms with Crippen molar-refractivity contribution in [3.8, 4) is 5.69 Å². The Labute approximate surface area is 108 Å². The molecule has 1 saturated heterocycles. The number of benzene rings is 1. The van der Waals surface area contributed by atoms with Crippen LogP contribution in [0.2, 0.25) is 0 Å². The fourth-order valence-electron chi connectivity index (χ4n) is 1.81. The van der Waals surface area contributed by atoms with Crippen molar-refractivity contribution in [1.29, 1.82) is 0 Å². The van der Waals surface area contributed by atoms with E-state index in [0.29, 0.717) is 6.61 Å². The molecule has 1 atom stereocenters. The molecule has 1 N–H and O–H groups in total. The highest BCUT2D eigenvalue weighted by molar-refractivity contribution is 8.00. The van der Waals surface area contributed by atoms with Crippen LogP contribution in [0.25, 0.3) is 5.69 Å². The second-order valence-electron chi connectivity index (χ2n) is 3.90. The average molecular weight is 262 g/mol. The van der Waals surface area contributed by atoms with Gasteiger partial charge in [-0.3, -0.25) is 4.79 Å². The molecule has 1 aliphatic heterocycles. The van der Waals surface area contributed by atoms with Crippen molar-refractivity contribution in [2.75, 3.05) is 6.61 Å². The molecular formula is C12H12N3O2S+. The van der Waals surface area contributed by atoms with Crippen molar-refractivity contribution in [3.05, 3.63) is 36.7 Å². The van der Waals surface area contributed by atoms with Gasteiger partial charge >= 0.3 is 11.1 Å². The van der Waals surface area contributed by atoms with Crippen LogP contribution in [0.4, 0.5) is 0 Å². The molecule has 0 spiro atoms. The third-order valence-corrected chi connectivity index (χ3v) is 3.91. The molecule has 1 aromatic heterocycles. The molecule has 1 aromatic carbocycles. The number of thioether (sulfide) groups is 1. The van der Waals surface area contributed by atoms with E-state index >= 15 is 0 Å². The SMILES string of the molecule is O=C1OCCC1Sc1nc[nH][n+]1-c1ccccc1. The topological polar surface area (TPSA) is 58.9 Å². The lowest BCUT2D eigenvalue weighted by Gasteiger charge is -2.00. The van der Waals surface area contributed by atoms with E-state index in [9.17, 15) is 4.79 Å². The minimum absolute atomic E-state index is 0.150. The fraction of sp³-hybridized carbons (Fsp3) is 0.250. The molecule has 0 aliphatic carbocycles. The van der Waals surface area contributed by atoms with Crippen LogP contribution in [0, 0.1) is 0 Å². The zero-order valence-electron chi connectivity index (χ0n) is 9.57. The lowest BCUT2D eigenvalue weighted by atomic mass is 10.3. The molecule has 2 heterocycles. The van der Waals surface area contributed by atoms with E-state index in [1.54, 1.807) is 6.33 Å². The van der Waals surface area contributed by atoms with Crippen molar-refractivity contribution >= 4 is 17.7 Å². The number of nitrogens with one attached hydrogen (secondary N) is 1. The van der Waals surface area contributed by atoms with Crippen LogP contribution in [-0.4, -0.2) is 27.9 Å². The van der Waals surface area contributed by atoms with E-state index in [-0.39, 0.29) is 11.2 Å². The molecule has 2 aromatic rings. The van der Waals surface area contributed by atoms with E-state index in [0.717, 1.165) is 17.3 Å². The smallest absolute Gasteiger partial charge is 0.385 e. The average Bonchev–Trinajstić information content (AvgIpc) is 3.01. The Hall–Kier alpha value is -1.82. The second kappa shape index (κ2) is 4.81. The maximum atomic E-state index is 11.5. The van der Waals surface area contributed by atoms with Crippen LogP contribution in [0.5, 0.6) is 0 Å². The van der Waals surface area contributed by atoms with Crippen LogP contribution < -0.4 is 4.68 Å². The zero-order chi connectivity index (χ0) is 12.4. The molecular weight excluding hydrogens is 250 g/mol. The van der Waals surface area contributed by atoms with Crippen LogP contribution >= 0.6 is 11.8 Å². The fourth-order valence-corrected chi connectivity index (χ4v) is 2.82. The predicted octanol–water partition coefficient (Wildman–Crippen LogP) is 1.09. The highest BCUT2D eigenvalue weighted by atomic mass is 32.2. The van der Waals surface area contributed by atoms with Crippen molar-refractivity contribution in [2.45, 2.75) is 16.8 Å². The Morgan fingerprint density at radius 2 is 2.22 bits per heavy atom. The van der Waals surface area contributed by atoms with E-state index in [2.05, 4.69) is 10.1 Å². The Morgan fingerprint density at radius 3 is 2.94 bits per heavy atom. The van der Waals surface area contributed by atoms with Gasteiger partial charge in [-0.1, -0.05) is 18.2 Å². The summed E-state index contributed by atoms with van der Waals surface area (Å²) in [5.41, 5.74) is 0.990. The van der Waals surface area contributed by atoms with Crippen LogP contribution in [0.3, 0.4) is 0 Å². The lowest BCUT2D eigenvalue weighted by Crippen LogP contribution is -2.35. The lowest BCUT2D eigenvalue weighted by molar-refractivity contribution is -0.694. The molecule has 1 fully saturated rings. The van der Waals surface area contributed by atoms with E-state index in [1.807, 2.05) is 35.0 Å². The third-order valence-electron chi connectivity index (χ3n) is 2.70. The maximum Gasteiger partial charge on any atom is 0.385 e. The number of hydrogen-bond donors (Lipinski definition) is 1. The van der Waals surface area contributed by atoms with Crippen molar-refractivity contribution in [3.63, 3.8) is 0 Å². The summed E-state index contributed by atoms with van der Waals surface area (Å²) in [4.78, 5) is 15.7. The molecule has 6 heteroatoms. The van der Waals surface area contributed by atoms with Gasteiger partial charge in [0.2, 0.25) is 6.33 Å². The number of para-hydroxylation sites is 1. The second-order valence-corrected chi connectivity index (χ2v) is 5.07. The van der Waals surface area contributed by atoms with Gasteiger partial charge < -0.3 is 4.74 Å². The molecule has 5 nitrogen and oxygen atoms in total. The summed E-state index contributed by atoms with van der Waals surface area (Å²) in [6.45, 7) is 0.506. The van der Waals surface area contributed by atoms with Gasteiger partial charge in [-0.2, -0.15) is 5.10 Å². The van der Waals surface area contributed by atoms with Crippen LogP contribution in [0.15, 0.2) is 41.8 Å². The molecule has 1 unspecified atom stereocenters. The summed E-state index contributed by atoms with van der Waals surface area (Å²) in [5.74, 6) is -0.150. The number of ether oxygens (including phenoxy) is 1. The summed E-state index contributed by atoms with van der Waals surface area (Å²) < 4.78 is 6.81. The van der Waals surface area contributed by atoms with Gasteiger partial charge in [-0.15, -0.1) is 4.68 Å². The normalized spacial score (nSPS) is 18.9. The Kier molecular flexibility index (Phi) is 3.02. The minimum atomic E-state index is -0.150. The number of H-pyrrole nitrogens is 1. The predicted molar refractivity (Wildman–Crippen MR) is 65.3 cm³/mol. The first-order valence-corrected chi connectivity index (χ1v) is 6.57. The van der Waals surface area contributed by atoms with Gasteiger partial charge in [0, 0.05) is 6.42 Å². The summed E-state index contributed by atoms with van der Waals surface area (Å²) in [6.07, 6.45) is 2.36. The number of hydrogen-bond acceptors (Lipinski definition) is 4. The summed E-state index contributed by atoms with van der Waals surface area (Å²) in [7, 11) is 0. The van der Waals surface area contributed by atoms with Crippen LogP contribution in [0.1, 0.15) is 6.42 Å².